The normalized spacial score (nSPS) is 10.8. The minimum absolute atomic E-state index is 0.407. The van der Waals surface area contributed by atoms with Crippen molar-refractivity contribution in [3.63, 3.8) is 0 Å². The molecule has 0 spiro atoms. The molecule has 2 rings (SSSR count). The van der Waals surface area contributed by atoms with Gasteiger partial charge in [-0.25, -0.2) is 15.0 Å². The van der Waals surface area contributed by atoms with Crippen LogP contribution >= 0.6 is 23.2 Å². The summed E-state index contributed by atoms with van der Waals surface area (Å²) < 4.78 is 1.82. The fourth-order valence-corrected chi connectivity index (χ4v) is 2.14. The van der Waals surface area contributed by atoms with E-state index in [9.17, 15) is 0 Å². The van der Waals surface area contributed by atoms with Gasteiger partial charge in [0.15, 0.2) is 11.6 Å². The zero-order chi connectivity index (χ0) is 12.4. The largest absolute Gasteiger partial charge is 0.331 e. The number of hydrogen-bond acceptors (Lipinski definition) is 3. The summed E-state index contributed by atoms with van der Waals surface area (Å²) in [6.07, 6.45) is 5.23. The van der Waals surface area contributed by atoms with Gasteiger partial charge in [-0.1, -0.05) is 36.5 Å². The van der Waals surface area contributed by atoms with Crippen molar-refractivity contribution in [2.45, 2.75) is 19.8 Å². The third-order valence-electron chi connectivity index (χ3n) is 2.43. The number of rotatable bonds is 3. The topological polar surface area (TPSA) is 43.6 Å². The Balaban J connectivity index is 2.49. The first kappa shape index (κ1) is 12.3. The molecule has 0 aliphatic carbocycles. The van der Waals surface area contributed by atoms with Crippen LogP contribution in [0.5, 0.6) is 0 Å². The van der Waals surface area contributed by atoms with Gasteiger partial charge in [-0.3, -0.25) is 0 Å². The fraction of sp³-hybridized carbons (Fsp3) is 0.364. The van der Waals surface area contributed by atoms with Crippen LogP contribution in [-0.2, 0) is 13.5 Å². The van der Waals surface area contributed by atoms with Gasteiger partial charge < -0.3 is 4.57 Å². The van der Waals surface area contributed by atoms with E-state index in [4.69, 9.17) is 23.2 Å². The second-order valence-electron chi connectivity index (χ2n) is 3.72. The van der Waals surface area contributed by atoms with Gasteiger partial charge in [0.05, 0.1) is 0 Å². The van der Waals surface area contributed by atoms with Crippen LogP contribution in [0.2, 0.25) is 10.3 Å². The van der Waals surface area contributed by atoms with Crippen LogP contribution in [0.15, 0.2) is 12.4 Å². The summed E-state index contributed by atoms with van der Waals surface area (Å²) in [4.78, 5) is 12.6. The zero-order valence-electron chi connectivity index (χ0n) is 9.61. The molecule has 0 aliphatic heterocycles. The highest BCUT2D eigenvalue weighted by atomic mass is 35.5. The molecule has 0 aromatic carbocycles. The molecular formula is C11H12Cl2N4. The molecule has 0 atom stereocenters. The van der Waals surface area contributed by atoms with Crippen LogP contribution in [0.3, 0.4) is 0 Å². The number of imidazole rings is 1. The second kappa shape index (κ2) is 5.02. The highest BCUT2D eigenvalue weighted by Gasteiger charge is 2.14. The predicted molar refractivity (Wildman–Crippen MR) is 68.2 cm³/mol. The van der Waals surface area contributed by atoms with Crippen LogP contribution in [0.25, 0.3) is 11.6 Å². The third-order valence-corrected chi connectivity index (χ3v) is 3.05. The Morgan fingerprint density at radius 2 is 1.88 bits per heavy atom. The van der Waals surface area contributed by atoms with Crippen LogP contribution in [0.4, 0.5) is 0 Å². The van der Waals surface area contributed by atoms with Crippen LogP contribution < -0.4 is 0 Å². The average Bonchev–Trinajstić information content (AvgIpc) is 2.69. The minimum Gasteiger partial charge on any atom is -0.331 e. The van der Waals surface area contributed by atoms with E-state index < -0.39 is 0 Å². The van der Waals surface area contributed by atoms with E-state index >= 15 is 0 Å². The standard InChI is InChI=1S/C11H12Cl2N4/c1-3-4-7-8(12)15-10(16-9(7)13)11-14-5-6-17(11)2/h5-6H,3-4H2,1-2H3. The molecule has 0 bridgehead atoms. The quantitative estimate of drug-likeness (QED) is 0.805. The molecule has 2 heterocycles. The fourth-order valence-electron chi connectivity index (χ4n) is 1.57. The summed E-state index contributed by atoms with van der Waals surface area (Å²) in [7, 11) is 1.87. The number of hydrogen-bond donors (Lipinski definition) is 0. The summed E-state index contributed by atoms with van der Waals surface area (Å²) >= 11 is 12.2. The summed E-state index contributed by atoms with van der Waals surface area (Å²) in [6.45, 7) is 2.05. The monoisotopic (exact) mass is 270 g/mol. The molecule has 0 unspecified atom stereocenters. The maximum Gasteiger partial charge on any atom is 0.198 e. The maximum absolute atomic E-state index is 6.11. The number of nitrogens with zero attached hydrogens (tertiary/aromatic N) is 4. The van der Waals surface area contributed by atoms with Crippen molar-refractivity contribution in [2.75, 3.05) is 0 Å². The number of aromatic nitrogens is 4. The molecule has 90 valence electrons. The Hall–Kier alpha value is -1.13. The van der Waals surface area contributed by atoms with Crippen molar-refractivity contribution < 1.29 is 0 Å². The van der Waals surface area contributed by atoms with Gasteiger partial charge in [0.2, 0.25) is 0 Å². The first-order chi connectivity index (χ1) is 8.13. The van der Waals surface area contributed by atoms with Gasteiger partial charge in [-0.15, -0.1) is 0 Å². The van der Waals surface area contributed by atoms with Crippen molar-refractivity contribution in [3.8, 4) is 11.6 Å². The lowest BCUT2D eigenvalue weighted by molar-refractivity contribution is 0.883. The van der Waals surface area contributed by atoms with Crippen molar-refractivity contribution in [1.29, 1.82) is 0 Å². The molecule has 0 N–H and O–H groups in total. The van der Waals surface area contributed by atoms with E-state index in [0.717, 1.165) is 18.4 Å². The van der Waals surface area contributed by atoms with Crippen LogP contribution in [0.1, 0.15) is 18.9 Å². The molecule has 2 aromatic rings. The molecule has 2 aromatic heterocycles. The Labute approximate surface area is 110 Å². The Kier molecular flexibility index (Phi) is 3.64. The van der Waals surface area contributed by atoms with Gasteiger partial charge in [-0.2, -0.15) is 0 Å². The van der Waals surface area contributed by atoms with Gasteiger partial charge in [0.25, 0.3) is 0 Å². The summed E-state index contributed by atoms with van der Waals surface area (Å²) in [5.74, 6) is 1.10. The van der Waals surface area contributed by atoms with E-state index in [0.29, 0.717) is 22.0 Å². The molecular weight excluding hydrogens is 259 g/mol. The van der Waals surface area contributed by atoms with Gasteiger partial charge in [-0.05, 0) is 6.42 Å². The number of aryl methyl sites for hydroxylation is 1. The van der Waals surface area contributed by atoms with Crippen LogP contribution in [0, 0.1) is 0 Å². The Morgan fingerprint density at radius 1 is 1.24 bits per heavy atom. The van der Waals surface area contributed by atoms with E-state index in [1.165, 1.54) is 0 Å². The van der Waals surface area contributed by atoms with E-state index in [-0.39, 0.29) is 0 Å². The van der Waals surface area contributed by atoms with E-state index in [1.54, 1.807) is 6.20 Å². The lowest BCUT2D eigenvalue weighted by Crippen LogP contribution is -2.01. The van der Waals surface area contributed by atoms with E-state index in [2.05, 4.69) is 21.9 Å². The van der Waals surface area contributed by atoms with Crippen LogP contribution in [-0.4, -0.2) is 19.5 Å². The lowest BCUT2D eigenvalue weighted by atomic mass is 10.2. The third kappa shape index (κ3) is 2.42. The molecule has 0 amide bonds. The van der Waals surface area contributed by atoms with Crippen molar-refractivity contribution in [3.05, 3.63) is 28.3 Å². The summed E-state index contributed by atoms with van der Waals surface area (Å²) in [6, 6.07) is 0. The molecule has 17 heavy (non-hydrogen) atoms. The minimum atomic E-state index is 0.407. The molecule has 0 saturated carbocycles. The summed E-state index contributed by atoms with van der Waals surface area (Å²) in [5, 5.41) is 0.815. The van der Waals surface area contributed by atoms with Gasteiger partial charge in [0, 0.05) is 25.0 Å². The van der Waals surface area contributed by atoms with Crippen molar-refractivity contribution in [2.24, 2.45) is 7.05 Å². The molecule has 0 saturated heterocycles. The summed E-state index contributed by atoms with van der Waals surface area (Å²) in [5.41, 5.74) is 0.800. The molecule has 6 heteroatoms. The van der Waals surface area contributed by atoms with Gasteiger partial charge in [0.1, 0.15) is 10.3 Å². The smallest absolute Gasteiger partial charge is 0.198 e. The molecule has 4 nitrogen and oxygen atoms in total. The maximum atomic E-state index is 6.11. The highest BCUT2D eigenvalue weighted by molar-refractivity contribution is 6.34. The zero-order valence-corrected chi connectivity index (χ0v) is 11.1. The number of halogens is 2. The molecule has 0 aliphatic rings. The molecule has 0 fully saturated rings. The van der Waals surface area contributed by atoms with E-state index in [1.807, 2.05) is 17.8 Å². The van der Waals surface area contributed by atoms with Crippen molar-refractivity contribution in [1.82, 2.24) is 19.5 Å². The predicted octanol–water partition coefficient (Wildman–Crippen LogP) is 3.14. The highest BCUT2D eigenvalue weighted by Crippen LogP contribution is 2.25. The average molecular weight is 271 g/mol. The van der Waals surface area contributed by atoms with Gasteiger partial charge >= 0.3 is 0 Å². The Bertz CT molecular complexity index is 513. The first-order valence-electron chi connectivity index (χ1n) is 5.33. The second-order valence-corrected chi connectivity index (χ2v) is 4.44. The first-order valence-corrected chi connectivity index (χ1v) is 6.08. The molecule has 0 radical (unpaired) electrons. The lowest BCUT2D eigenvalue weighted by Gasteiger charge is -2.07. The van der Waals surface area contributed by atoms with Crippen molar-refractivity contribution >= 4 is 23.2 Å². The SMILES string of the molecule is CCCc1c(Cl)nc(-c2nccn2C)nc1Cl. The Morgan fingerprint density at radius 3 is 2.35 bits per heavy atom.